The molecule has 3 heterocycles. The SMILES string of the molecule is Cn1cc(C(=O)O)nc1-c1ccc(NCC2(c3ccccn3)CC(F)C2)nn1. The van der Waals surface area contributed by atoms with Crippen molar-refractivity contribution in [3.8, 4) is 11.5 Å². The van der Waals surface area contributed by atoms with Gasteiger partial charge in [0.1, 0.15) is 17.7 Å². The monoisotopic (exact) mass is 382 g/mol. The second kappa shape index (κ2) is 6.99. The number of carboxylic acid groups (broad SMARTS) is 1. The van der Waals surface area contributed by atoms with E-state index in [1.807, 2.05) is 18.2 Å². The molecule has 0 amide bonds. The van der Waals surface area contributed by atoms with E-state index in [4.69, 9.17) is 5.11 Å². The van der Waals surface area contributed by atoms with Crippen LogP contribution in [0.25, 0.3) is 11.5 Å². The van der Waals surface area contributed by atoms with Gasteiger partial charge in [-0.25, -0.2) is 14.2 Å². The van der Waals surface area contributed by atoms with Crippen LogP contribution in [-0.4, -0.2) is 48.5 Å². The van der Waals surface area contributed by atoms with Gasteiger partial charge in [-0.15, -0.1) is 10.2 Å². The second-order valence-corrected chi connectivity index (χ2v) is 7.02. The highest BCUT2D eigenvalue weighted by molar-refractivity contribution is 5.85. The summed E-state index contributed by atoms with van der Waals surface area (Å²) in [5.41, 5.74) is 0.934. The molecule has 1 fully saturated rings. The first-order valence-corrected chi connectivity index (χ1v) is 8.87. The van der Waals surface area contributed by atoms with Gasteiger partial charge in [0.05, 0.1) is 0 Å². The number of halogens is 1. The lowest BCUT2D eigenvalue weighted by atomic mass is 9.65. The number of imidazole rings is 1. The maximum Gasteiger partial charge on any atom is 0.356 e. The number of hydrogen-bond acceptors (Lipinski definition) is 6. The number of nitrogens with zero attached hydrogens (tertiary/aromatic N) is 5. The minimum Gasteiger partial charge on any atom is -0.476 e. The number of rotatable bonds is 6. The molecule has 0 unspecified atom stereocenters. The van der Waals surface area contributed by atoms with E-state index in [-0.39, 0.29) is 11.1 Å². The summed E-state index contributed by atoms with van der Waals surface area (Å²) in [5, 5.41) is 20.6. The van der Waals surface area contributed by atoms with Crippen molar-refractivity contribution in [2.24, 2.45) is 7.05 Å². The van der Waals surface area contributed by atoms with E-state index in [0.29, 0.717) is 36.7 Å². The maximum atomic E-state index is 13.6. The van der Waals surface area contributed by atoms with Crippen molar-refractivity contribution in [2.45, 2.75) is 24.4 Å². The lowest BCUT2D eigenvalue weighted by molar-refractivity contribution is 0.0691. The minimum absolute atomic E-state index is 0.0513. The maximum absolute atomic E-state index is 13.6. The molecule has 9 heteroatoms. The van der Waals surface area contributed by atoms with Crippen molar-refractivity contribution < 1.29 is 14.3 Å². The van der Waals surface area contributed by atoms with Gasteiger partial charge in [0, 0.05) is 37.1 Å². The Morgan fingerprint density at radius 3 is 2.71 bits per heavy atom. The summed E-state index contributed by atoms with van der Waals surface area (Å²) >= 11 is 0. The highest BCUT2D eigenvalue weighted by atomic mass is 19.1. The number of carboxylic acids is 1. The van der Waals surface area contributed by atoms with E-state index >= 15 is 0 Å². The van der Waals surface area contributed by atoms with Gasteiger partial charge in [0.2, 0.25) is 0 Å². The van der Waals surface area contributed by atoms with Gasteiger partial charge >= 0.3 is 5.97 Å². The predicted octanol–water partition coefficient (Wildman–Crippen LogP) is 2.45. The number of hydrogen-bond donors (Lipinski definition) is 2. The summed E-state index contributed by atoms with van der Waals surface area (Å²) in [6.07, 6.45) is 3.17. The molecule has 0 aromatic carbocycles. The van der Waals surface area contributed by atoms with Crippen LogP contribution in [0.4, 0.5) is 10.2 Å². The second-order valence-electron chi connectivity index (χ2n) is 7.02. The molecule has 1 saturated carbocycles. The summed E-state index contributed by atoms with van der Waals surface area (Å²) in [4.78, 5) is 19.5. The summed E-state index contributed by atoms with van der Waals surface area (Å²) < 4.78 is 15.2. The molecule has 4 rings (SSSR count). The Bertz CT molecular complexity index is 983. The van der Waals surface area contributed by atoms with Crippen LogP contribution in [0.2, 0.25) is 0 Å². The van der Waals surface area contributed by atoms with Crippen molar-refractivity contribution in [1.82, 2.24) is 24.7 Å². The van der Waals surface area contributed by atoms with Crippen LogP contribution in [0.3, 0.4) is 0 Å². The average molecular weight is 382 g/mol. The van der Waals surface area contributed by atoms with E-state index in [9.17, 15) is 9.18 Å². The fraction of sp³-hybridized carbons (Fsp3) is 0.316. The third-order valence-corrected chi connectivity index (χ3v) is 5.03. The van der Waals surface area contributed by atoms with Crippen LogP contribution in [0.15, 0.2) is 42.7 Å². The van der Waals surface area contributed by atoms with E-state index in [0.717, 1.165) is 5.69 Å². The molecule has 0 aliphatic heterocycles. The number of alkyl halides is 1. The van der Waals surface area contributed by atoms with Crippen LogP contribution in [-0.2, 0) is 12.5 Å². The van der Waals surface area contributed by atoms with Crippen molar-refractivity contribution in [1.29, 1.82) is 0 Å². The Kier molecular flexibility index (Phi) is 4.50. The molecule has 1 aliphatic carbocycles. The minimum atomic E-state index is -1.10. The van der Waals surface area contributed by atoms with Gasteiger partial charge in [0.15, 0.2) is 11.5 Å². The van der Waals surface area contributed by atoms with Gasteiger partial charge < -0.3 is 15.0 Å². The molecule has 0 saturated heterocycles. The Balaban J connectivity index is 1.48. The van der Waals surface area contributed by atoms with Gasteiger partial charge in [0.25, 0.3) is 0 Å². The average Bonchev–Trinajstić information content (AvgIpc) is 3.07. The summed E-state index contributed by atoms with van der Waals surface area (Å²) in [6, 6.07) is 9.13. The molecule has 3 aromatic rings. The lowest BCUT2D eigenvalue weighted by Gasteiger charge is -2.43. The summed E-state index contributed by atoms with van der Waals surface area (Å²) in [7, 11) is 1.70. The molecular weight excluding hydrogens is 363 g/mol. The van der Waals surface area contributed by atoms with Crippen LogP contribution in [0, 0.1) is 0 Å². The molecule has 0 atom stereocenters. The topological polar surface area (TPSA) is 106 Å². The third kappa shape index (κ3) is 3.30. The van der Waals surface area contributed by atoms with Crippen LogP contribution < -0.4 is 5.32 Å². The highest BCUT2D eigenvalue weighted by Crippen LogP contribution is 2.44. The smallest absolute Gasteiger partial charge is 0.356 e. The number of anilines is 1. The van der Waals surface area contributed by atoms with Gasteiger partial charge in [-0.3, -0.25) is 4.98 Å². The van der Waals surface area contributed by atoms with Crippen LogP contribution in [0.1, 0.15) is 29.0 Å². The molecule has 8 nitrogen and oxygen atoms in total. The zero-order valence-electron chi connectivity index (χ0n) is 15.2. The highest BCUT2D eigenvalue weighted by Gasteiger charge is 2.47. The zero-order chi connectivity index (χ0) is 19.7. The fourth-order valence-corrected chi connectivity index (χ4v) is 3.52. The van der Waals surface area contributed by atoms with E-state index < -0.39 is 12.1 Å². The number of carbonyl (C=O) groups is 1. The van der Waals surface area contributed by atoms with Gasteiger partial charge in [-0.2, -0.15) is 0 Å². The molecule has 144 valence electrons. The number of aryl methyl sites for hydroxylation is 1. The van der Waals surface area contributed by atoms with E-state index in [1.54, 1.807) is 29.9 Å². The van der Waals surface area contributed by atoms with Crippen molar-refractivity contribution >= 4 is 11.8 Å². The Morgan fingerprint density at radius 1 is 1.32 bits per heavy atom. The van der Waals surface area contributed by atoms with Crippen LogP contribution >= 0.6 is 0 Å². The standard InChI is InChI=1S/C19H19FN6O2/c1-26-10-14(18(27)28)23-17(26)13-5-6-16(25-24-13)22-11-19(8-12(20)9-19)15-4-2-3-7-21-15/h2-7,10,12H,8-9,11H2,1H3,(H,22,25)(H,27,28). The first-order chi connectivity index (χ1) is 13.5. The van der Waals surface area contributed by atoms with Gasteiger partial charge in [-0.1, -0.05) is 6.07 Å². The van der Waals surface area contributed by atoms with Gasteiger partial charge in [-0.05, 0) is 37.1 Å². The number of nitrogens with one attached hydrogen (secondary N) is 1. The predicted molar refractivity (Wildman–Crippen MR) is 99.7 cm³/mol. The third-order valence-electron chi connectivity index (χ3n) is 5.03. The molecule has 2 N–H and O–H groups in total. The molecular formula is C19H19FN6O2. The first kappa shape index (κ1) is 18.0. The quantitative estimate of drug-likeness (QED) is 0.674. The van der Waals surface area contributed by atoms with Crippen molar-refractivity contribution in [3.63, 3.8) is 0 Å². The Morgan fingerprint density at radius 2 is 2.14 bits per heavy atom. The molecule has 0 spiro atoms. The number of pyridine rings is 1. The normalized spacial score (nSPS) is 21.1. The lowest BCUT2D eigenvalue weighted by Crippen LogP contribution is -2.48. The molecule has 0 radical (unpaired) electrons. The first-order valence-electron chi connectivity index (χ1n) is 8.87. The molecule has 3 aromatic heterocycles. The molecule has 1 aliphatic rings. The Labute approximate surface area is 160 Å². The number of aromatic nitrogens is 5. The molecule has 0 bridgehead atoms. The number of aromatic carboxylic acids is 1. The Hall–Kier alpha value is -3.36. The van der Waals surface area contributed by atoms with Crippen molar-refractivity contribution in [3.05, 3.63) is 54.1 Å². The molecule has 28 heavy (non-hydrogen) atoms. The fourth-order valence-electron chi connectivity index (χ4n) is 3.52. The van der Waals surface area contributed by atoms with Crippen LogP contribution in [0.5, 0.6) is 0 Å². The largest absolute Gasteiger partial charge is 0.476 e. The van der Waals surface area contributed by atoms with E-state index in [2.05, 4.69) is 25.5 Å². The zero-order valence-corrected chi connectivity index (χ0v) is 15.2. The summed E-state index contributed by atoms with van der Waals surface area (Å²) in [6.45, 7) is 0.504. The van der Waals surface area contributed by atoms with Crippen molar-refractivity contribution in [2.75, 3.05) is 11.9 Å². The van der Waals surface area contributed by atoms with E-state index in [1.165, 1.54) is 6.20 Å². The summed E-state index contributed by atoms with van der Waals surface area (Å²) in [5.74, 6) is -0.130.